The number of aliphatic carboxylic acids is 1. The van der Waals surface area contributed by atoms with Crippen molar-refractivity contribution in [3.05, 3.63) is 41.0 Å². The van der Waals surface area contributed by atoms with Crippen molar-refractivity contribution in [2.24, 2.45) is 0 Å². The van der Waals surface area contributed by atoms with Crippen LogP contribution in [0.2, 0.25) is 0 Å². The maximum Gasteiger partial charge on any atom is 0.341 e. The number of ether oxygens (including phenoxy) is 2. The summed E-state index contributed by atoms with van der Waals surface area (Å²) in [4.78, 5) is 22.7. The molecule has 1 amide bonds. The molecule has 0 radical (unpaired) electrons. The summed E-state index contributed by atoms with van der Waals surface area (Å²) in [5, 5.41) is 11.4. The van der Waals surface area contributed by atoms with Crippen LogP contribution in [-0.2, 0) is 9.53 Å². The summed E-state index contributed by atoms with van der Waals surface area (Å²) in [6.45, 7) is 10.0. The number of carbonyl (C=O) groups is 2. The van der Waals surface area contributed by atoms with E-state index >= 15 is 0 Å². The number of carbonyl (C=O) groups excluding carboxylic acids is 1. The fraction of sp³-hybridized carbons (Fsp3) is 0.412. The van der Waals surface area contributed by atoms with E-state index in [-0.39, 0.29) is 5.91 Å². The summed E-state index contributed by atoms with van der Waals surface area (Å²) in [6.07, 6.45) is 0. The van der Waals surface area contributed by atoms with E-state index in [1.807, 2.05) is 6.92 Å². The number of carboxylic acids is 1. The molecule has 0 aliphatic heterocycles. The van der Waals surface area contributed by atoms with Gasteiger partial charge in [0, 0.05) is 12.1 Å². The minimum atomic E-state index is -1.04. The quantitative estimate of drug-likeness (QED) is 0.537. The van der Waals surface area contributed by atoms with E-state index in [1.54, 1.807) is 26.0 Å². The molecule has 126 valence electrons. The Hall–Kier alpha value is -2.34. The second kappa shape index (κ2) is 8.95. The summed E-state index contributed by atoms with van der Waals surface area (Å²) in [7, 11) is 0. The van der Waals surface area contributed by atoms with E-state index < -0.39 is 12.6 Å². The summed E-state index contributed by atoms with van der Waals surface area (Å²) < 4.78 is 10.6. The molecule has 0 saturated carbocycles. The topological polar surface area (TPSA) is 84.9 Å². The van der Waals surface area contributed by atoms with Gasteiger partial charge in [-0.15, -0.1) is 0 Å². The Balaban J connectivity index is 2.61. The highest BCUT2D eigenvalue weighted by molar-refractivity contribution is 5.94. The minimum Gasteiger partial charge on any atom is -0.481 e. The lowest BCUT2D eigenvalue weighted by Gasteiger charge is -2.13. The largest absolute Gasteiger partial charge is 0.481 e. The SMILES string of the molecule is C=C(C)COCCNC(=O)c1cc(C)c(OCC(=O)O)c(C)c1. The van der Waals surface area contributed by atoms with E-state index in [2.05, 4.69) is 11.9 Å². The van der Waals surface area contributed by atoms with Gasteiger partial charge in [-0.05, 0) is 44.0 Å². The predicted octanol–water partition coefficient (Wildman–Crippen LogP) is 2.09. The van der Waals surface area contributed by atoms with Gasteiger partial charge in [0.1, 0.15) is 5.75 Å². The molecular formula is C17H23NO5. The van der Waals surface area contributed by atoms with Crippen LogP contribution in [0.1, 0.15) is 28.4 Å². The number of aryl methyl sites for hydroxylation is 2. The second-order valence-corrected chi connectivity index (χ2v) is 5.39. The van der Waals surface area contributed by atoms with Gasteiger partial charge < -0.3 is 19.9 Å². The molecule has 0 saturated heterocycles. The molecule has 23 heavy (non-hydrogen) atoms. The zero-order valence-corrected chi connectivity index (χ0v) is 13.8. The molecule has 0 fully saturated rings. The van der Waals surface area contributed by atoms with E-state index in [1.165, 1.54) is 0 Å². The average molecular weight is 321 g/mol. The number of nitrogens with one attached hydrogen (secondary N) is 1. The molecule has 1 aromatic rings. The molecule has 0 heterocycles. The molecule has 0 bridgehead atoms. The molecule has 1 aromatic carbocycles. The first kappa shape index (κ1) is 18.7. The summed E-state index contributed by atoms with van der Waals surface area (Å²) in [5.74, 6) is -0.756. The van der Waals surface area contributed by atoms with Crippen molar-refractivity contribution in [3.63, 3.8) is 0 Å². The van der Waals surface area contributed by atoms with Gasteiger partial charge in [-0.1, -0.05) is 12.2 Å². The smallest absolute Gasteiger partial charge is 0.341 e. The van der Waals surface area contributed by atoms with Gasteiger partial charge >= 0.3 is 5.97 Å². The summed E-state index contributed by atoms with van der Waals surface area (Å²) >= 11 is 0. The van der Waals surface area contributed by atoms with Gasteiger partial charge in [0.05, 0.1) is 13.2 Å². The number of hydrogen-bond acceptors (Lipinski definition) is 4. The van der Waals surface area contributed by atoms with Crippen LogP contribution < -0.4 is 10.1 Å². The lowest BCUT2D eigenvalue weighted by Crippen LogP contribution is -2.27. The molecule has 2 N–H and O–H groups in total. The van der Waals surface area contributed by atoms with Crippen LogP contribution in [0, 0.1) is 13.8 Å². The normalized spacial score (nSPS) is 10.2. The highest BCUT2D eigenvalue weighted by atomic mass is 16.5. The van der Waals surface area contributed by atoms with Crippen molar-refractivity contribution >= 4 is 11.9 Å². The van der Waals surface area contributed by atoms with Crippen LogP contribution in [0.4, 0.5) is 0 Å². The maximum absolute atomic E-state index is 12.1. The van der Waals surface area contributed by atoms with Crippen molar-refractivity contribution in [3.8, 4) is 5.75 Å². The highest BCUT2D eigenvalue weighted by Gasteiger charge is 2.12. The Morgan fingerprint density at radius 2 is 1.83 bits per heavy atom. The molecule has 0 aliphatic carbocycles. The van der Waals surface area contributed by atoms with E-state index in [9.17, 15) is 9.59 Å². The van der Waals surface area contributed by atoms with Gasteiger partial charge in [0.15, 0.2) is 6.61 Å². The first-order chi connectivity index (χ1) is 10.8. The van der Waals surface area contributed by atoms with Gasteiger partial charge in [0.2, 0.25) is 0 Å². The fourth-order valence-electron chi connectivity index (χ4n) is 2.03. The summed E-state index contributed by atoms with van der Waals surface area (Å²) in [5.41, 5.74) is 2.87. The second-order valence-electron chi connectivity index (χ2n) is 5.39. The van der Waals surface area contributed by atoms with Crippen molar-refractivity contribution in [2.45, 2.75) is 20.8 Å². The van der Waals surface area contributed by atoms with Crippen molar-refractivity contribution in [2.75, 3.05) is 26.4 Å². The van der Waals surface area contributed by atoms with E-state index in [4.69, 9.17) is 14.6 Å². The predicted molar refractivity (Wildman–Crippen MR) is 87.0 cm³/mol. The number of amides is 1. The Kier molecular flexibility index (Phi) is 7.28. The molecule has 1 rings (SSSR count). The van der Waals surface area contributed by atoms with E-state index in [0.29, 0.717) is 31.1 Å². The third-order valence-electron chi connectivity index (χ3n) is 2.94. The monoisotopic (exact) mass is 321 g/mol. The molecule has 0 aromatic heterocycles. The molecule has 0 unspecified atom stereocenters. The van der Waals surface area contributed by atoms with Crippen molar-refractivity contribution in [1.29, 1.82) is 0 Å². The zero-order valence-electron chi connectivity index (χ0n) is 13.8. The average Bonchev–Trinajstić information content (AvgIpc) is 2.44. The standard InChI is InChI=1S/C17H23NO5/c1-11(2)9-22-6-5-18-17(21)14-7-12(3)16(13(4)8-14)23-10-15(19)20/h7-8H,1,5-6,9-10H2,2-4H3,(H,18,21)(H,19,20). The number of benzene rings is 1. The molecule has 0 spiro atoms. The lowest BCUT2D eigenvalue weighted by atomic mass is 10.1. The third kappa shape index (κ3) is 6.52. The van der Waals surface area contributed by atoms with Gasteiger partial charge in [-0.2, -0.15) is 0 Å². The Labute approximate surface area is 136 Å². The van der Waals surface area contributed by atoms with Crippen LogP contribution in [0.3, 0.4) is 0 Å². The lowest BCUT2D eigenvalue weighted by molar-refractivity contribution is -0.139. The Morgan fingerprint density at radius 3 is 2.35 bits per heavy atom. The molecule has 6 nitrogen and oxygen atoms in total. The number of carboxylic acid groups (broad SMARTS) is 1. The fourth-order valence-corrected chi connectivity index (χ4v) is 2.03. The molecular weight excluding hydrogens is 298 g/mol. The highest BCUT2D eigenvalue weighted by Crippen LogP contribution is 2.24. The zero-order chi connectivity index (χ0) is 17.4. The van der Waals surface area contributed by atoms with Gasteiger partial charge in [-0.3, -0.25) is 4.79 Å². The summed E-state index contributed by atoms with van der Waals surface area (Å²) in [6, 6.07) is 3.35. The Bertz CT molecular complexity index is 572. The first-order valence-corrected chi connectivity index (χ1v) is 7.27. The van der Waals surface area contributed by atoms with Crippen LogP contribution in [0.25, 0.3) is 0 Å². The van der Waals surface area contributed by atoms with Crippen molar-refractivity contribution in [1.82, 2.24) is 5.32 Å². The van der Waals surface area contributed by atoms with Gasteiger partial charge in [0.25, 0.3) is 5.91 Å². The van der Waals surface area contributed by atoms with Crippen molar-refractivity contribution < 1.29 is 24.2 Å². The van der Waals surface area contributed by atoms with E-state index in [0.717, 1.165) is 16.7 Å². The minimum absolute atomic E-state index is 0.208. The van der Waals surface area contributed by atoms with Gasteiger partial charge in [-0.25, -0.2) is 4.79 Å². The number of hydrogen-bond donors (Lipinski definition) is 2. The first-order valence-electron chi connectivity index (χ1n) is 7.27. The maximum atomic E-state index is 12.1. The third-order valence-corrected chi connectivity index (χ3v) is 2.94. The number of rotatable bonds is 9. The molecule has 6 heteroatoms. The van der Waals surface area contributed by atoms with Crippen LogP contribution in [-0.4, -0.2) is 43.3 Å². The van der Waals surface area contributed by atoms with Crippen LogP contribution in [0.5, 0.6) is 5.75 Å². The molecule has 0 atom stereocenters. The van der Waals surface area contributed by atoms with Crippen LogP contribution >= 0.6 is 0 Å². The van der Waals surface area contributed by atoms with Crippen LogP contribution in [0.15, 0.2) is 24.3 Å². The Morgan fingerprint density at radius 1 is 1.22 bits per heavy atom. The molecule has 0 aliphatic rings.